The third-order valence-corrected chi connectivity index (χ3v) is 4.74. The highest BCUT2D eigenvalue weighted by Crippen LogP contribution is 2.36. The molecule has 0 radical (unpaired) electrons. The van der Waals surface area contributed by atoms with Gasteiger partial charge in [-0.15, -0.1) is 5.10 Å². The number of imidazole rings is 1. The third-order valence-electron chi connectivity index (χ3n) is 3.19. The Morgan fingerprint density at radius 3 is 2.89 bits per heavy atom. The highest BCUT2D eigenvalue weighted by atomic mass is 32.2. The molecule has 0 N–H and O–H groups in total. The third kappa shape index (κ3) is 2.27. The molecule has 0 amide bonds. The van der Waals surface area contributed by atoms with Gasteiger partial charge in [0.2, 0.25) is 15.0 Å². The molecule has 1 aliphatic rings. The molecule has 2 heterocycles. The fourth-order valence-corrected chi connectivity index (χ4v) is 3.58. The largest absolute Gasteiger partial charge is 0.319 e. The minimum absolute atomic E-state index is 0.114. The molecule has 0 spiro atoms. The minimum atomic E-state index is -3.46. The van der Waals surface area contributed by atoms with Crippen molar-refractivity contribution >= 4 is 9.84 Å². The van der Waals surface area contributed by atoms with Crippen molar-refractivity contribution in [3.05, 3.63) is 24.3 Å². The Labute approximate surface area is 111 Å². The summed E-state index contributed by atoms with van der Waals surface area (Å²) in [6, 6.07) is 0.293. The predicted molar refractivity (Wildman–Crippen MR) is 67.1 cm³/mol. The second-order valence-electron chi connectivity index (χ2n) is 4.65. The summed E-state index contributed by atoms with van der Waals surface area (Å²) in [5.41, 5.74) is 0.591. The molecule has 7 nitrogen and oxygen atoms in total. The SMILES string of the molecule is CCn1nncc1CS(=O)(=O)c1nccn1C1CC1. The van der Waals surface area contributed by atoms with E-state index in [1.807, 2.05) is 6.92 Å². The van der Waals surface area contributed by atoms with Gasteiger partial charge in [-0.3, -0.25) is 0 Å². The van der Waals surface area contributed by atoms with Crippen LogP contribution in [0.4, 0.5) is 0 Å². The second-order valence-corrected chi connectivity index (χ2v) is 6.53. The van der Waals surface area contributed by atoms with E-state index >= 15 is 0 Å². The molecule has 1 aliphatic carbocycles. The van der Waals surface area contributed by atoms with Crippen LogP contribution in [-0.2, 0) is 22.1 Å². The van der Waals surface area contributed by atoms with Crippen molar-refractivity contribution < 1.29 is 8.42 Å². The van der Waals surface area contributed by atoms with Gasteiger partial charge in [0.05, 0.1) is 11.9 Å². The zero-order valence-corrected chi connectivity index (χ0v) is 11.4. The van der Waals surface area contributed by atoms with Gasteiger partial charge >= 0.3 is 0 Å². The lowest BCUT2D eigenvalue weighted by atomic mass is 10.5. The molecule has 1 saturated carbocycles. The zero-order valence-electron chi connectivity index (χ0n) is 10.6. The number of hydrogen-bond acceptors (Lipinski definition) is 5. The first kappa shape index (κ1) is 12.3. The minimum Gasteiger partial charge on any atom is -0.319 e. The van der Waals surface area contributed by atoms with E-state index in [9.17, 15) is 8.42 Å². The maximum absolute atomic E-state index is 12.4. The van der Waals surface area contributed by atoms with E-state index in [0.717, 1.165) is 12.8 Å². The molecule has 0 saturated heterocycles. The highest BCUT2D eigenvalue weighted by molar-refractivity contribution is 7.90. The molecule has 3 rings (SSSR count). The van der Waals surface area contributed by atoms with E-state index in [2.05, 4.69) is 15.3 Å². The Kier molecular flexibility index (Phi) is 2.89. The highest BCUT2D eigenvalue weighted by Gasteiger charge is 2.31. The molecule has 1 fully saturated rings. The maximum atomic E-state index is 12.4. The summed E-state index contributed by atoms with van der Waals surface area (Å²) in [5.74, 6) is -0.114. The van der Waals surface area contributed by atoms with Crippen LogP contribution in [0.2, 0.25) is 0 Å². The normalized spacial score (nSPS) is 15.8. The van der Waals surface area contributed by atoms with Crippen molar-refractivity contribution in [2.45, 2.75) is 43.3 Å². The molecule has 102 valence electrons. The Morgan fingerprint density at radius 2 is 2.21 bits per heavy atom. The molecule has 2 aromatic rings. The first-order chi connectivity index (χ1) is 9.12. The van der Waals surface area contributed by atoms with Crippen LogP contribution >= 0.6 is 0 Å². The van der Waals surface area contributed by atoms with Gasteiger partial charge in [-0.05, 0) is 19.8 Å². The molecule has 8 heteroatoms. The number of sulfone groups is 1. The first-order valence-electron chi connectivity index (χ1n) is 6.25. The van der Waals surface area contributed by atoms with Gasteiger partial charge in [-0.25, -0.2) is 18.1 Å². The lowest BCUT2D eigenvalue weighted by molar-refractivity contribution is 0.557. The summed E-state index contributed by atoms with van der Waals surface area (Å²) < 4.78 is 28.2. The molecule has 0 bridgehead atoms. The van der Waals surface area contributed by atoms with Gasteiger partial charge in [0.25, 0.3) is 0 Å². The number of hydrogen-bond donors (Lipinski definition) is 0. The molecule has 19 heavy (non-hydrogen) atoms. The topological polar surface area (TPSA) is 82.7 Å². The fourth-order valence-electron chi connectivity index (χ4n) is 2.09. The van der Waals surface area contributed by atoms with Crippen molar-refractivity contribution in [2.75, 3.05) is 0 Å². The van der Waals surface area contributed by atoms with Crippen LogP contribution in [0, 0.1) is 0 Å². The lowest BCUT2D eigenvalue weighted by Crippen LogP contribution is -2.15. The molecular weight excluding hydrogens is 266 g/mol. The van der Waals surface area contributed by atoms with Crippen LogP contribution in [0.3, 0.4) is 0 Å². The smallest absolute Gasteiger partial charge is 0.228 e. The van der Waals surface area contributed by atoms with Crippen LogP contribution in [0.15, 0.2) is 23.7 Å². The molecule has 0 aliphatic heterocycles. The quantitative estimate of drug-likeness (QED) is 0.809. The number of aryl methyl sites for hydroxylation is 1. The first-order valence-corrected chi connectivity index (χ1v) is 7.90. The van der Waals surface area contributed by atoms with Crippen LogP contribution < -0.4 is 0 Å². The van der Waals surface area contributed by atoms with E-state index in [1.54, 1.807) is 21.6 Å². The molecular formula is C11H15N5O2S. The van der Waals surface area contributed by atoms with Crippen LogP contribution in [0.5, 0.6) is 0 Å². The van der Waals surface area contributed by atoms with E-state index in [0.29, 0.717) is 18.3 Å². The van der Waals surface area contributed by atoms with Crippen molar-refractivity contribution in [1.29, 1.82) is 0 Å². The predicted octanol–water partition coefficient (Wildman–Crippen LogP) is 0.803. The Morgan fingerprint density at radius 1 is 1.42 bits per heavy atom. The summed E-state index contributed by atoms with van der Waals surface area (Å²) >= 11 is 0. The summed E-state index contributed by atoms with van der Waals surface area (Å²) in [4.78, 5) is 4.01. The number of aromatic nitrogens is 5. The monoisotopic (exact) mass is 281 g/mol. The standard InChI is InChI=1S/C11H15N5O2S/c1-2-16-10(7-13-14-16)8-19(17,18)11-12-5-6-15(11)9-3-4-9/h5-7,9H,2-4,8H2,1H3. The van der Waals surface area contributed by atoms with Crippen molar-refractivity contribution in [1.82, 2.24) is 24.5 Å². The van der Waals surface area contributed by atoms with Crippen molar-refractivity contribution in [2.24, 2.45) is 0 Å². The molecule has 0 aromatic carbocycles. The van der Waals surface area contributed by atoms with Crippen LogP contribution in [-0.4, -0.2) is 33.0 Å². The number of rotatable bonds is 5. The summed E-state index contributed by atoms with van der Waals surface area (Å²) in [5, 5.41) is 7.75. The van der Waals surface area contributed by atoms with Crippen LogP contribution in [0.1, 0.15) is 31.5 Å². The average Bonchev–Trinajstić information content (AvgIpc) is 2.92. The Bertz CT molecular complexity index is 684. The average molecular weight is 281 g/mol. The number of nitrogens with zero attached hydrogens (tertiary/aromatic N) is 5. The van der Waals surface area contributed by atoms with E-state index in [4.69, 9.17) is 0 Å². The van der Waals surface area contributed by atoms with Gasteiger partial charge in [-0.2, -0.15) is 0 Å². The van der Waals surface area contributed by atoms with Gasteiger partial charge in [0.15, 0.2) is 0 Å². The van der Waals surface area contributed by atoms with E-state index < -0.39 is 9.84 Å². The maximum Gasteiger partial charge on any atom is 0.228 e. The Hall–Kier alpha value is -1.70. The van der Waals surface area contributed by atoms with Crippen LogP contribution in [0.25, 0.3) is 0 Å². The van der Waals surface area contributed by atoms with Crippen molar-refractivity contribution in [3.8, 4) is 0 Å². The van der Waals surface area contributed by atoms with Crippen molar-refractivity contribution in [3.63, 3.8) is 0 Å². The summed E-state index contributed by atoms with van der Waals surface area (Å²) in [6.45, 7) is 2.50. The summed E-state index contributed by atoms with van der Waals surface area (Å²) in [6.07, 6.45) is 6.81. The molecule has 0 atom stereocenters. The zero-order chi connectivity index (χ0) is 13.5. The van der Waals surface area contributed by atoms with Gasteiger partial charge in [-0.1, -0.05) is 5.21 Å². The van der Waals surface area contributed by atoms with E-state index in [-0.39, 0.29) is 10.9 Å². The van der Waals surface area contributed by atoms with Gasteiger partial charge in [0, 0.05) is 25.0 Å². The lowest BCUT2D eigenvalue weighted by Gasteiger charge is -2.07. The second kappa shape index (κ2) is 4.44. The molecule has 2 aromatic heterocycles. The fraction of sp³-hybridized carbons (Fsp3) is 0.545. The Balaban J connectivity index is 1.92. The van der Waals surface area contributed by atoms with Gasteiger partial charge < -0.3 is 4.57 Å². The summed E-state index contributed by atoms with van der Waals surface area (Å²) in [7, 11) is -3.46. The molecule has 0 unspecified atom stereocenters. The van der Waals surface area contributed by atoms with E-state index in [1.165, 1.54) is 6.20 Å². The van der Waals surface area contributed by atoms with Gasteiger partial charge in [0.1, 0.15) is 5.75 Å².